The van der Waals surface area contributed by atoms with Gasteiger partial charge in [-0.25, -0.2) is 0 Å². The van der Waals surface area contributed by atoms with Gasteiger partial charge in [0, 0.05) is 15.4 Å². The summed E-state index contributed by atoms with van der Waals surface area (Å²) in [4.78, 5) is 0. The molecule has 0 amide bonds. The van der Waals surface area contributed by atoms with Crippen LogP contribution >= 0.6 is 8.81 Å². The van der Waals surface area contributed by atoms with Crippen LogP contribution in [0.5, 0.6) is 0 Å². The second-order valence-corrected chi connectivity index (χ2v) is 1.97. The van der Waals surface area contributed by atoms with E-state index in [1.807, 2.05) is 13.6 Å². The first-order valence-corrected chi connectivity index (χ1v) is 4.50. The predicted octanol–water partition coefficient (Wildman–Crippen LogP) is 1.14. The van der Waals surface area contributed by atoms with Gasteiger partial charge in [-0.15, -0.1) is 0 Å². The van der Waals surface area contributed by atoms with Gasteiger partial charge in [-0.2, -0.15) is 5.26 Å². The molecule has 0 rings (SSSR count). The average Bonchev–Trinajstić information content (AvgIpc) is 1.93. The zero-order valence-corrected chi connectivity index (χ0v) is 7.42. The van der Waals surface area contributed by atoms with Crippen molar-refractivity contribution in [1.82, 2.24) is 0 Å². The van der Waals surface area contributed by atoms with Crippen molar-refractivity contribution in [3.8, 4) is 6.07 Å². The molecule has 0 fully saturated rings. The van der Waals surface area contributed by atoms with Crippen LogP contribution in [0, 0.1) is 11.3 Å². The molecule has 0 radical (unpaired) electrons. The molecule has 0 saturated carbocycles. The van der Waals surface area contributed by atoms with E-state index in [9.17, 15) is 0 Å². The molecule has 60 valence electrons. The summed E-state index contributed by atoms with van der Waals surface area (Å²) in [5, 5.41) is 15.5. The topological polar surface area (TPSA) is 53.2 Å². The smallest absolute Gasteiger partial charge is 0.0645 e. The molecule has 0 aromatic rings. The van der Waals surface area contributed by atoms with Crippen LogP contribution in [0.2, 0.25) is 0 Å². The van der Waals surface area contributed by atoms with Gasteiger partial charge >= 0.3 is 0 Å². The van der Waals surface area contributed by atoms with Crippen LogP contribution in [0.4, 0.5) is 0 Å². The van der Waals surface area contributed by atoms with Crippen molar-refractivity contribution in [2.45, 2.75) is 13.3 Å². The van der Waals surface area contributed by atoms with E-state index in [2.05, 4.69) is 0 Å². The van der Waals surface area contributed by atoms with Gasteiger partial charge in [0.15, 0.2) is 0 Å². The maximum absolute atomic E-state index is 7.84. The highest BCUT2D eigenvalue weighted by atomic mass is 31.1. The minimum Gasteiger partial charge on any atom is -0.395 e. The van der Waals surface area contributed by atoms with E-state index in [1.54, 1.807) is 6.07 Å². The zero-order valence-electron chi connectivity index (χ0n) is 6.42. The Balaban J connectivity index is 0. The lowest BCUT2D eigenvalue weighted by atomic mass is 10.5. The van der Waals surface area contributed by atoms with E-state index in [0.717, 1.165) is 6.61 Å². The lowest BCUT2D eigenvalue weighted by Crippen LogP contribution is -1.72. The van der Waals surface area contributed by atoms with Gasteiger partial charge in [0.2, 0.25) is 0 Å². The lowest BCUT2D eigenvalue weighted by molar-refractivity contribution is 0.304. The molecule has 0 aromatic carbocycles. The van der Waals surface area contributed by atoms with Crippen molar-refractivity contribution >= 4 is 8.81 Å². The summed E-state index contributed by atoms with van der Waals surface area (Å²) in [6, 6.07) is 1.77. The van der Waals surface area contributed by atoms with E-state index in [0.29, 0.717) is 8.81 Å². The van der Waals surface area contributed by atoms with E-state index in [-0.39, 0.29) is 13.0 Å². The molecule has 1 unspecified atom stereocenters. The van der Waals surface area contributed by atoms with Crippen LogP contribution in [-0.2, 0) is 4.52 Å². The fourth-order valence-corrected chi connectivity index (χ4v) is 0.483. The summed E-state index contributed by atoms with van der Waals surface area (Å²) >= 11 is 0. The second-order valence-electron chi connectivity index (χ2n) is 1.27. The molecule has 0 aliphatic rings. The molecule has 0 spiro atoms. The normalized spacial score (nSPS) is 8.60. The van der Waals surface area contributed by atoms with Crippen LogP contribution in [0.15, 0.2) is 0 Å². The average molecular weight is 163 g/mol. The molecule has 1 atom stereocenters. The van der Waals surface area contributed by atoms with Crippen LogP contribution in [0.1, 0.15) is 13.3 Å². The summed E-state index contributed by atoms with van der Waals surface area (Å²) < 4.78 is 4.86. The first kappa shape index (κ1) is 12.5. The third-order valence-corrected chi connectivity index (χ3v) is 1.09. The van der Waals surface area contributed by atoms with Crippen molar-refractivity contribution in [3.05, 3.63) is 0 Å². The summed E-state index contributed by atoms with van der Waals surface area (Å²) in [6.45, 7) is 4.85. The summed E-state index contributed by atoms with van der Waals surface area (Å²) in [5.74, 6) is 0. The van der Waals surface area contributed by atoms with Crippen molar-refractivity contribution in [1.29, 1.82) is 5.26 Å². The highest BCUT2D eigenvalue weighted by Crippen LogP contribution is 2.00. The van der Waals surface area contributed by atoms with Gasteiger partial charge in [0.25, 0.3) is 0 Å². The van der Waals surface area contributed by atoms with E-state index in [1.165, 1.54) is 0 Å². The Bertz CT molecular complexity index is 80.3. The molecule has 10 heavy (non-hydrogen) atoms. The number of rotatable bonds is 3. The van der Waals surface area contributed by atoms with Crippen LogP contribution in [-0.4, -0.2) is 25.0 Å². The second kappa shape index (κ2) is 15.9. The maximum atomic E-state index is 7.84. The zero-order chi connectivity index (χ0) is 8.24. The largest absolute Gasteiger partial charge is 0.395 e. The fourth-order valence-electron chi connectivity index (χ4n) is 0.194. The molecule has 0 heterocycles. The van der Waals surface area contributed by atoms with Gasteiger partial charge in [0.1, 0.15) is 0 Å². The Morgan fingerprint density at radius 3 is 2.30 bits per heavy atom. The van der Waals surface area contributed by atoms with Crippen molar-refractivity contribution in [2.75, 3.05) is 19.9 Å². The maximum Gasteiger partial charge on any atom is 0.0645 e. The van der Waals surface area contributed by atoms with Gasteiger partial charge in [-0.05, 0) is 13.6 Å². The molecule has 0 aliphatic heterocycles. The summed E-state index contributed by atoms with van der Waals surface area (Å²) in [7, 11) is 0.658. The van der Waals surface area contributed by atoms with Gasteiger partial charge in [0.05, 0.1) is 19.1 Å². The molecule has 0 bridgehead atoms. The first-order chi connectivity index (χ1) is 4.83. The first-order valence-electron chi connectivity index (χ1n) is 3.09. The fraction of sp³-hybridized carbons (Fsp3) is 0.833. The third-order valence-electron chi connectivity index (χ3n) is 0.512. The summed E-state index contributed by atoms with van der Waals surface area (Å²) in [5.41, 5.74) is 0. The molecule has 0 aromatic heterocycles. The van der Waals surface area contributed by atoms with Gasteiger partial charge in [-0.1, -0.05) is 0 Å². The number of hydrogen-bond donors (Lipinski definition) is 1. The summed E-state index contributed by atoms with van der Waals surface area (Å²) in [6.07, 6.45) is 0.250. The molecular formula is C6H14NO2P. The highest BCUT2D eigenvalue weighted by molar-refractivity contribution is 7.31. The molecular weight excluding hydrogens is 149 g/mol. The Morgan fingerprint density at radius 1 is 1.70 bits per heavy atom. The van der Waals surface area contributed by atoms with E-state index < -0.39 is 0 Å². The number of aliphatic hydroxyl groups is 1. The van der Waals surface area contributed by atoms with Crippen molar-refractivity contribution in [2.24, 2.45) is 0 Å². The quantitative estimate of drug-likeness (QED) is 0.634. The van der Waals surface area contributed by atoms with Crippen LogP contribution < -0.4 is 0 Å². The lowest BCUT2D eigenvalue weighted by Gasteiger charge is -1.86. The van der Waals surface area contributed by atoms with Crippen molar-refractivity contribution < 1.29 is 9.63 Å². The van der Waals surface area contributed by atoms with Crippen LogP contribution in [0.3, 0.4) is 0 Å². The standard InChI is InChI=1S/C3H5NO.C3H9OP/c4-2-1-3-5;1-3-4-5-2/h5H,1,3H2;5H,3H2,1-2H3. The predicted molar refractivity (Wildman–Crippen MR) is 43.2 cm³/mol. The Labute approximate surface area is 63.9 Å². The van der Waals surface area contributed by atoms with Crippen LogP contribution in [0.25, 0.3) is 0 Å². The SMILES string of the molecule is CCOPC.N#CCCO. The van der Waals surface area contributed by atoms with Gasteiger partial charge in [-0.3, -0.25) is 0 Å². The number of aliphatic hydroxyl groups excluding tert-OH is 1. The Morgan fingerprint density at radius 2 is 2.30 bits per heavy atom. The monoisotopic (exact) mass is 163 g/mol. The molecule has 4 heteroatoms. The van der Waals surface area contributed by atoms with E-state index in [4.69, 9.17) is 14.9 Å². The van der Waals surface area contributed by atoms with Gasteiger partial charge < -0.3 is 9.63 Å². The number of hydrogen-bond acceptors (Lipinski definition) is 3. The minimum absolute atomic E-state index is 0.0174. The minimum atomic E-state index is -0.0174. The molecule has 0 aliphatic carbocycles. The van der Waals surface area contributed by atoms with E-state index >= 15 is 0 Å². The Hall–Kier alpha value is -0.160. The molecule has 0 saturated heterocycles. The highest BCUT2D eigenvalue weighted by Gasteiger charge is 1.66. The number of nitriles is 1. The molecule has 1 N–H and O–H groups in total. The van der Waals surface area contributed by atoms with Crippen molar-refractivity contribution in [3.63, 3.8) is 0 Å². The molecule has 3 nitrogen and oxygen atoms in total. The third kappa shape index (κ3) is 24.9. The Kier molecular flexibility index (Phi) is 19.9. The number of nitrogens with zero attached hydrogens (tertiary/aromatic N) is 1.